The van der Waals surface area contributed by atoms with Gasteiger partial charge in [-0.3, -0.25) is 9.89 Å². The minimum absolute atomic E-state index is 0.0683. The van der Waals surface area contributed by atoms with Crippen LogP contribution in [0.1, 0.15) is 34.7 Å². The van der Waals surface area contributed by atoms with Gasteiger partial charge in [-0.05, 0) is 49.3 Å². The molecule has 0 radical (unpaired) electrons. The number of fused-ring (bicyclic) bond motifs is 2. The second kappa shape index (κ2) is 5.31. The van der Waals surface area contributed by atoms with E-state index in [1.54, 1.807) is 25.3 Å². The summed E-state index contributed by atoms with van der Waals surface area (Å²) in [6.45, 7) is 1.75. The average molecular weight is 373 g/mol. The Morgan fingerprint density at radius 2 is 2.15 bits per heavy atom. The molecule has 2 saturated carbocycles. The van der Waals surface area contributed by atoms with Crippen molar-refractivity contribution in [3.05, 3.63) is 46.4 Å². The predicted octanol–water partition coefficient (Wildman–Crippen LogP) is 2.54. The molecule has 0 saturated heterocycles. The predicted molar refractivity (Wildman–Crippen MR) is 93.7 cm³/mol. The molecule has 2 aliphatic rings. The molecule has 3 N–H and O–H groups in total. The van der Waals surface area contributed by atoms with Gasteiger partial charge in [0.25, 0.3) is 5.91 Å². The number of aromatic nitrogens is 3. The third-order valence-electron chi connectivity index (χ3n) is 5.66. The van der Waals surface area contributed by atoms with Crippen molar-refractivity contribution in [2.45, 2.75) is 31.4 Å². The van der Waals surface area contributed by atoms with Crippen LogP contribution in [-0.4, -0.2) is 32.4 Å². The third kappa shape index (κ3) is 2.34. The summed E-state index contributed by atoms with van der Waals surface area (Å²) < 4.78 is 4.94. The van der Waals surface area contributed by atoms with Crippen molar-refractivity contribution >= 4 is 28.4 Å². The number of benzene rings is 1. The molecule has 134 valence electrons. The molecule has 26 heavy (non-hydrogen) atoms. The number of amides is 1. The lowest BCUT2D eigenvalue weighted by molar-refractivity contribution is 0.0292. The smallest absolute Gasteiger partial charge is 0.273 e. The van der Waals surface area contributed by atoms with E-state index in [2.05, 4.69) is 20.7 Å². The van der Waals surface area contributed by atoms with Crippen LogP contribution in [0.5, 0.6) is 0 Å². The summed E-state index contributed by atoms with van der Waals surface area (Å²) >= 11 is 6.20. The Bertz CT molecular complexity index is 1010. The molecule has 4 atom stereocenters. The summed E-state index contributed by atoms with van der Waals surface area (Å²) in [7, 11) is 0. The molecule has 2 heterocycles. The van der Waals surface area contributed by atoms with Gasteiger partial charge in [0.2, 0.25) is 0 Å². The SMILES string of the molecule is Cc1cc(C(=O)N[C@@H]2[C@@H]3C[C@@](O)(c4cc(Cl)cc5[nH]ncc45)C[C@@H]32)no1. The Kier molecular flexibility index (Phi) is 3.24. The topological polar surface area (TPSA) is 104 Å². The van der Waals surface area contributed by atoms with Gasteiger partial charge in [0.05, 0.1) is 17.3 Å². The third-order valence-corrected chi connectivity index (χ3v) is 5.88. The normalized spacial score (nSPS) is 29.7. The molecule has 0 unspecified atom stereocenters. The number of carbonyl (C=O) groups excluding carboxylic acids is 1. The maximum atomic E-state index is 12.2. The van der Waals surface area contributed by atoms with E-state index in [9.17, 15) is 9.90 Å². The molecule has 1 amide bonds. The number of nitrogens with zero attached hydrogens (tertiary/aromatic N) is 2. The molecule has 3 aromatic rings. The van der Waals surface area contributed by atoms with Crippen molar-refractivity contribution < 1.29 is 14.4 Å². The Morgan fingerprint density at radius 1 is 1.38 bits per heavy atom. The number of aliphatic hydroxyl groups is 1. The Hall–Kier alpha value is -2.38. The van der Waals surface area contributed by atoms with E-state index < -0.39 is 5.60 Å². The zero-order valence-corrected chi connectivity index (χ0v) is 14.7. The summed E-state index contributed by atoms with van der Waals surface area (Å²) in [5.74, 6) is 0.867. The molecule has 0 spiro atoms. The van der Waals surface area contributed by atoms with Crippen LogP contribution in [0.25, 0.3) is 10.9 Å². The standard InChI is InChI=1S/C18H17ClN4O3/c1-8-2-15(23-26-8)17(24)21-16-10-5-18(25,6-11(10)16)13-3-9(19)4-14-12(13)7-20-22-14/h2-4,7,10-11,16,25H,5-6H2,1H3,(H,20,22)(H,21,24)/t10-,11+,16-,18+. The van der Waals surface area contributed by atoms with Gasteiger partial charge in [0, 0.05) is 22.5 Å². The number of hydrogen-bond donors (Lipinski definition) is 3. The maximum absolute atomic E-state index is 12.2. The molecule has 7 nitrogen and oxygen atoms in total. The summed E-state index contributed by atoms with van der Waals surface area (Å²) in [5.41, 5.74) is 0.956. The van der Waals surface area contributed by atoms with Crippen molar-refractivity contribution in [3.63, 3.8) is 0 Å². The molecule has 0 bridgehead atoms. The molecule has 0 aliphatic heterocycles. The van der Waals surface area contributed by atoms with Gasteiger partial charge in [0.1, 0.15) is 5.76 Å². The zero-order chi connectivity index (χ0) is 18.1. The number of aromatic amines is 1. The molecular weight excluding hydrogens is 356 g/mol. The first-order valence-corrected chi connectivity index (χ1v) is 8.92. The first kappa shape index (κ1) is 15.8. The highest BCUT2D eigenvalue weighted by Gasteiger charge is 2.62. The van der Waals surface area contributed by atoms with Crippen LogP contribution >= 0.6 is 11.6 Å². The summed E-state index contributed by atoms with van der Waals surface area (Å²) in [5, 5.41) is 26.4. The van der Waals surface area contributed by atoms with Gasteiger partial charge in [0.15, 0.2) is 5.69 Å². The number of hydrogen-bond acceptors (Lipinski definition) is 5. The fourth-order valence-corrected chi connectivity index (χ4v) is 4.62. The van der Waals surface area contributed by atoms with Crippen molar-refractivity contribution in [2.75, 3.05) is 0 Å². The quantitative estimate of drug-likeness (QED) is 0.655. The van der Waals surface area contributed by atoms with Gasteiger partial charge in [-0.25, -0.2) is 0 Å². The highest BCUT2D eigenvalue weighted by atomic mass is 35.5. The van der Waals surface area contributed by atoms with Crippen LogP contribution < -0.4 is 5.32 Å². The second-order valence-corrected chi connectivity index (χ2v) is 7.81. The van der Waals surface area contributed by atoms with Crippen LogP contribution in [0.2, 0.25) is 5.02 Å². The van der Waals surface area contributed by atoms with Crippen LogP contribution in [0.3, 0.4) is 0 Å². The number of nitrogens with one attached hydrogen (secondary N) is 2. The highest BCUT2D eigenvalue weighted by molar-refractivity contribution is 6.31. The largest absolute Gasteiger partial charge is 0.385 e. The molecule has 5 rings (SSSR count). The first-order chi connectivity index (χ1) is 12.4. The van der Waals surface area contributed by atoms with Crippen LogP contribution in [0, 0.1) is 18.8 Å². The number of halogens is 1. The van der Waals surface area contributed by atoms with Gasteiger partial charge in [-0.1, -0.05) is 16.8 Å². The lowest BCUT2D eigenvalue weighted by atomic mass is 9.86. The first-order valence-electron chi connectivity index (χ1n) is 8.54. The number of H-pyrrole nitrogens is 1. The van der Waals surface area contributed by atoms with Crippen LogP contribution in [0.4, 0.5) is 0 Å². The van der Waals surface area contributed by atoms with Gasteiger partial charge >= 0.3 is 0 Å². The molecule has 2 aromatic heterocycles. The van der Waals surface area contributed by atoms with Crippen LogP contribution in [-0.2, 0) is 5.60 Å². The van der Waals surface area contributed by atoms with Crippen molar-refractivity contribution in [2.24, 2.45) is 11.8 Å². The lowest BCUT2D eigenvalue weighted by Crippen LogP contribution is -2.33. The maximum Gasteiger partial charge on any atom is 0.273 e. The number of rotatable bonds is 3. The molecule has 8 heteroatoms. The monoisotopic (exact) mass is 372 g/mol. The van der Waals surface area contributed by atoms with Crippen molar-refractivity contribution in [3.8, 4) is 0 Å². The van der Waals surface area contributed by atoms with Crippen molar-refractivity contribution in [1.29, 1.82) is 0 Å². The van der Waals surface area contributed by atoms with Gasteiger partial charge < -0.3 is 14.9 Å². The van der Waals surface area contributed by atoms with Gasteiger partial charge in [-0.2, -0.15) is 5.10 Å². The average Bonchev–Trinajstić information content (AvgIpc) is 3.06. The van der Waals surface area contributed by atoms with E-state index in [-0.39, 0.29) is 29.5 Å². The Labute approximate surface area is 153 Å². The Balaban J connectivity index is 1.33. The summed E-state index contributed by atoms with van der Waals surface area (Å²) in [6, 6.07) is 5.30. The lowest BCUT2D eigenvalue weighted by Gasteiger charge is -2.27. The molecule has 2 aliphatic carbocycles. The van der Waals surface area contributed by atoms with Crippen molar-refractivity contribution in [1.82, 2.24) is 20.7 Å². The van der Waals surface area contributed by atoms with E-state index in [0.717, 1.165) is 16.5 Å². The van der Waals surface area contributed by atoms with E-state index in [4.69, 9.17) is 16.1 Å². The molecular formula is C18H17ClN4O3. The Morgan fingerprint density at radius 3 is 2.85 bits per heavy atom. The second-order valence-electron chi connectivity index (χ2n) is 7.37. The molecule has 1 aromatic carbocycles. The minimum Gasteiger partial charge on any atom is -0.385 e. The fourth-order valence-electron chi connectivity index (χ4n) is 4.40. The summed E-state index contributed by atoms with van der Waals surface area (Å²) in [6.07, 6.45) is 2.89. The van der Waals surface area contributed by atoms with E-state index >= 15 is 0 Å². The van der Waals surface area contributed by atoms with E-state index in [0.29, 0.717) is 23.6 Å². The fraction of sp³-hybridized carbons (Fsp3) is 0.389. The van der Waals surface area contributed by atoms with E-state index in [1.807, 2.05) is 6.07 Å². The summed E-state index contributed by atoms with van der Waals surface area (Å²) in [4.78, 5) is 12.2. The van der Waals surface area contributed by atoms with E-state index in [1.165, 1.54) is 0 Å². The number of aryl methyl sites for hydroxylation is 1. The zero-order valence-electron chi connectivity index (χ0n) is 14.0. The van der Waals surface area contributed by atoms with Gasteiger partial charge in [-0.15, -0.1) is 0 Å². The molecule has 2 fully saturated rings. The minimum atomic E-state index is -0.950. The number of carbonyl (C=O) groups is 1. The van der Waals surface area contributed by atoms with Crippen LogP contribution in [0.15, 0.2) is 28.9 Å². The highest BCUT2D eigenvalue weighted by Crippen LogP contribution is 2.60.